The number of nitrogens with zero attached hydrogens (tertiary/aromatic N) is 1. The van der Waals surface area contributed by atoms with Crippen molar-refractivity contribution in [3.63, 3.8) is 0 Å². The Kier molecular flexibility index (Phi) is 7.93. The van der Waals surface area contributed by atoms with E-state index in [2.05, 4.69) is 29.2 Å². The molecule has 5 aromatic rings. The van der Waals surface area contributed by atoms with Crippen LogP contribution in [0.25, 0.3) is 28.0 Å². The Morgan fingerprint density at radius 2 is 1.38 bits per heavy atom. The standard InChI is InChI=1S/C44H40F3NO5/c1-49-30-11-6-27(7-12-30)43(28-8-13-31(50-2)14-9-28)19-16-33-40-39(32-15-10-29(44(45,46)47)24-36(32)42(40)17-4-5-18-42)34-25-37(48-20-22-52-23-21-48)38(51-3)26-35(34)41(33)53-43/h6-16,19,24-26H,4-5,17-18,20-23H2,1-3H3. The van der Waals surface area contributed by atoms with Crippen molar-refractivity contribution in [3.05, 3.63) is 118 Å². The minimum Gasteiger partial charge on any atom is -0.497 e. The number of methoxy groups -OCH3 is 3. The maximum Gasteiger partial charge on any atom is 0.416 e. The van der Waals surface area contributed by atoms with Gasteiger partial charge >= 0.3 is 6.18 Å². The van der Waals surface area contributed by atoms with Gasteiger partial charge in [0, 0.05) is 40.6 Å². The van der Waals surface area contributed by atoms with Gasteiger partial charge in [-0.3, -0.25) is 0 Å². The molecule has 9 rings (SSSR count). The zero-order valence-electron chi connectivity index (χ0n) is 29.9. The molecule has 53 heavy (non-hydrogen) atoms. The maximum atomic E-state index is 14.4. The monoisotopic (exact) mass is 719 g/mol. The number of ether oxygens (including phenoxy) is 5. The predicted octanol–water partition coefficient (Wildman–Crippen LogP) is 9.91. The van der Waals surface area contributed by atoms with Crippen LogP contribution in [-0.2, 0) is 21.9 Å². The lowest BCUT2D eigenvalue weighted by Gasteiger charge is -2.39. The Labute approximate surface area is 306 Å². The highest BCUT2D eigenvalue weighted by Crippen LogP contribution is 2.64. The van der Waals surface area contributed by atoms with E-state index in [-0.39, 0.29) is 0 Å². The number of morpholine rings is 1. The second-order valence-corrected chi connectivity index (χ2v) is 14.3. The Balaban J connectivity index is 1.37. The lowest BCUT2D eigenvalue weighted by molar-refractivity contribution is -0.137. The third-order valence-electron chi connectivity index (χ3n) is 11.8. The summed E-state index contributed by atoms with van der Waals surface area (Å²) in [6, 6.07) is 24.3. The molecule has 2 aliphatic carbocycles. The molecular formula is C44H40F3NO5. The minimum absolute atomic E-state index is 0.586. The van der Waals surface area contributed by atoms with Crippen molar-refractivity contribution in [2.24, 2.45) is 0 Å². The highest BCUT2D eigenvalue weighted by molar-refractivity contribution is 6.10. The van der Waals surface area contributed by atoms with Crippen LogP contribution in [0, 0.1) is 0 Å². The van der Waals surface area contributed by atoms with Crippen LogP contribution < -0.4 is 23.8 Å². The summed E-state index contributed by atoms with van der Waals surface area (Å²) >= 11 is 0. The molecule has 1 saturated carbocycles. The molecule has 9 heteroatoms. The van der Waals surface area contributed by atoms with Crippen molar-refractivity contribution >= 4 is 22.5 Å². The fraction of sp³-hybridized carbons (Fsp3) is 0.318. The lowest BCUT2D eigenvalue weighted by Crippen LogP contribution is -2.36. The van der Waals surface area contributed by atoms with Gasteiger partial charge in [0.1, 0.15) is 23.0 Å². The summed E-state index contributed by atoms with van der Waals surface area (Å²) in [7, 11) is 4.95. The SMILES string of the molecule is COc1ccc(C2(c3ccc(OC)cc3)C=Cc3c4c(c5cc(N6CCOCC6)c(OC)cc5c3O2)-c2ccc(C(F)(F)F)cc2C42CCCC2)cc1. The van der Waals surface area contributed by atoms with Gasteiger partial charge in [-0.2, -0.15) is 13.2 Å². The fourth-order valence-electron chi connectivity index (χ4n) is 9.27. The van der Waals surface area contributed by atoms with Crippen LogP contribution in [0.15, 0.2) is 84.9 Å². The highest BCUT2D eigenvalue weighted by Gasteiger charge is 2.50. The Morgan fingerprint density at radius 3 is 1.96 bits per heavy atom. The molecule has 0 bridgehead atoms. The van der Waals surface area contributed by atoms with E-state index >= 15 is 0 Å². The minimum atomic E-state index is -4.46. The molecule has 272 valence electrons. The zero-order valence-corrected chi connectivity index (χ0v) is 29.9. The number of rotatable bonds is 6. The molecule has 0 atom stereocenters. The van der Waals surface area contributed by atoms with Crippen molar-refractivity contribution in [1.82, 2.24) is 0 Å². The first-order valence-corrected chi connectivity index (χ1v) is 18.1. The second kappa shape index (κ2) is 12.5. The van der Waals surface area contributed by atoms with E-state index in [0.717, 1.165) is 92.6 Å². The van der Waals surface area contributed by atoms with E-state index in [1.54, 1.807) is 27.4 Å². The fourth-order valence-corrected chi connectivity index (χ4v) is 9.27. The molecule has 1 spiro atoms. The van der Waals surface area contributed by atoms with E-state index < -0.39 is 22.8 Å². The van der Waals surface area contributed by atoms with Crippen LogP contribution in [-0.4, -0.2) is 47.6 Å². The van der Waals surface area contributed by atoms with E-state index in [9.17, 15) is 13.2 Å². The Morgan fingerprint density at radius 1 is 0.736 bits per heavy atom. The van der Waals surface area contributed by atoms with Gasteiger partial charge in [0.2, 0.25) is 0 Å². The van der Waals surface area contributed by atoms with E-state index in [1.165, 1.54) is 12.1 Å². The highest BCUT2D eigenvalue weighted by atomic mass is 19.4. The maximum absolute atomic E-state index is 14.4. The van der Waals surface area contributed by atoms with E-state index in [0.29, 0.717) is 37.8 Å². The third kappa shape index (κ3) is 5.11. The summed E-state index contributed by atoms with van der Waals surface area (Å²) in [4.78, 5) is 2.27. The van der Waals surface area contributed by atoms with Crippen molar-refractivity contribution < 1.29 is 36.9 Å². The average Bonchev–Trinajstić information content (AvgIpc) is 3.80. The molecule has 2 fully saturated rings. The summed E-state index contributed by atoms with van der Waals surface area (Å²) in [5.41, 5.74) is 5.01. The summed E-state index contributed by atoms with van der Waals surface area (Å²) in [5.74, 6) is 2.82. The summed E-state index contributed by atoms with van der Waals surface area (Å²) < 4.78 is 73.4. The number of fused-ring (bicyclic) bond motifs is 10. The Hall–Kier alpha value is -5.15. The molecule has 1 saturated heterocycles. The van der Waals surface area contributed by atoms with Crippen molar-refractivity contribution in [2.45, 2.75) is 42.9 Å². The average molecular weight is 720 g/mol. The van der Waals surface area contributed by atoms with Crippen molar-refractivity contribution in [3.8, 4) is 34.1 Å². The first kappa shape index (κ1) is 33.7. The van der Waals surface area contributed by atoms with E-state index in [1.807, 2.05) is 48.5 Å². The molecule has 0 aromatic heterocycles. The molecule has 0 amide bonds. The van der Waals surface area contributed by atoms with Crippen LogP contribution in [0.2, 0.25) is 0 Å². The first-order valence-electron chi connectivity index (χ1n) is 18.1. The van der Waals surface area contributed by atoms with Crippen LogP contribution in [0.5, 0.6) is 23.0 Å². The van der Waals surface area contributed by atoms with Crippen molar-refractivity contribution in [1.29, 1.82) is 0 Å². The molecule has 6 nitrogen and oxygen atoms in total. The lowest BCUT2D eigenvalue weighted by atomic mass is 9.73. The molecular weight excluding hydrogens is 679 g/mol. The normalized spacial score (nSPS) is 18.0. The first-order chi connectivity index (χ1) is 25.7. The molecule has 4 aliphatic rings. The topological polar surface area (TPSA) is 49.4 Å². The number of benzene rings is 5. The van der Waals surface area contributed by atoms with Gasteiger partial charge in [-0.25, -0.2) is 0 Å². The quantitative estimate of drug-likeness (QED) is 0.174. The van der Waals surface area contributed by atoms with Crippen LogP contribution in [0.3, 0.4) is 0 Å². The van der Waals surface area contributed by atoms with Gasteiger partial charge in [-0.15, -0.1) is 0 Å². The van der Waals surface area contributed by atoms with Gasteiger partial charge in [0.25, 0.3) is 0 Å². The second-order valence-electron chi connectivity index (χ2n) is 14.3. The van der Waals surface area contributed by atoms with Gasteiger partial charge in [0.15, 0.2) is 5.60 Å². The molecule has 0 N–H and O–H groups in total. The van der Waals surface area contributed by atoms with Gasteiger partial charge in [-0.1, -0.05) is 49.2 Å². The van der Waals surface area contributed by atoms with Crippen LogP contribution >= 0.6 is 0 Å². The van der Waals surface area contributed by atoms with E-state index in [4.69, 9.17) is 23.7 Å². The third-order valence-corrected chi connectivity index (χ3v) is 11.8. The summed E-state index contributed by atoms with van der Waals surface area (Å²) in [5, 5.41) is 1.77. The molecule has 0 radical (unpaired) electrons. The summed E-state index contributed by atoms with van der Waals surface area (Å²) in [6.07, 6.45) is 3.15. The number of hydrogen-bond donors (Lipinski definition) is 0. The smallest absolute Gasteiger partial charge is 0.416 e. The van der Waals surface area contributed by atoms with Crippen LogP contribution in [0.1, 0.15) is 59.1 Å². The van der Waals surface area contributed by atoms with Gasteiger partial charge in [-0.05, 0) is 95.1 Å². The van der Waals surface area contributed by atoms with Gasteiger partial charge in [0.05, 0.1) is 45.8 Å². The molecule has 5 aromatic carbocycles. The van der Waals surface area contributed by atoms with Crippen LogP contribution in [0.4, 0.5) is 18.9 Å². The number of anilines is 1. The largest absolute Gasteiger partial charge is 0.497 e. The Bertz CT molecular complexity index is 2200. The number of halogens is 3. The zero-order chi connectivity index (χ0) is 36.5. The number of hydrogen-bond acceptors (Lipinski definition) is 6. The van der Waals surface area contributed by atoms with Gasteiger partial charge < -0.3 is 28.6 Å². The van der Waals surface area contributed by atoms with Crippen molar-refractivity contribution in [2.75, 3.05) is 52.5 Å². The molecule has 2 heterocycles. The molecule has 0 unspecified atom stereocenters. The summed E-state index contributed by atoms with van der Waals surface area (Å²) in [6.45, 7) is 2.58. The number of alkyl halides is 3. The predicted molar refractivity (Wildman–Crippen MR) is 200 cm³/mol. The molecule has 2 aliphatic heterocycles.